The summed E-state index contributed by atoms with van der Waals surface area (Å²) in [5.41, 5.74) is 0. The molecule has 0 saturated carbocycles. The summed E-state index contributed by atoms with van der Waals surface area (Å²) in [7, 11) is 0. The fraction of sp³-hybridized carbons (Fsp3) is 0.300. The van der Waals surface area contributed by atoms with Gasteiger partial charge in [-0.25, -0.2) is 0 Å². The molecule has 17 heavy (non-hydrogen) atoms. The Bertz CT molecular complexity index is 395. The molecule has 0 unspecified atom stereocenters. The lowest BCUT2D eigenvalue weighted by Crippen LogP contribution is -2.36. The van der Waals surface area contributed by atoms with Crippen molar-refractivity contribution in [2.24, 2.45) is 0 Å². The monoisotopic (exact) mass is 311 g/mol. The van der Waals surface area contributed by atoms with Gasteiger partial charge in [-0.2, -0.15) is 13.2 Å². The van der Waals surface area contributed by atoms with Crippen LogP contribution in [0, 0.1) is 0 Å². The standard InChI is InChI=1S/C10H9BrF3NO2/c11-7-3-1-2-4-8(7)17-5-9(16)15-6-10(12,13)14/h1-4H,5-6H2,(H,15,16). The molecule has 0 aromatic heterocycles. The van der Waals surface area contributed by atoms with Gasteiger partial charge in [0.25, 0.3) is 5.91 Å². The highest BCUT2D eigenvalue weighted by molar-refractivity contribution is 9.10. The molecule has 0 bridgehead atoms. The van der Waals surface area contributed by atoms with E-state index in [0.29, 0.717) is 10.2 Å². The number of nitrogens with one attached hydrogen (secondary N) is 1. The zero-order valence-corrected chi connectivity index (χ0v) is 10.1. The third-order valence-corrected chi connectivity index (χ3v) is 2.34. The molecule has 0 heterocycles. The molecular formula is C10H9BrF3NO2. The molecule has 94 valence electrons. The minimum atomic E-state index is -4.41. The van der Waals surface area contributed by atoms with Crippen LogP contribution in [0.4, 0.5) is 13.2 Å². The van der Waals surface area contributed by atoms with E-state index in [4.69, 9.17) is 4.74 Å². The first kappa shape index (κ1) is 13.8. The lowest BCUT2D eigenvalue weighted by atomic mass is 10.3. The molecule has 0 aliphatic heterocycles. The Morgan fingerprint density at radius 3 is 2.59 bits per heavy atom. The van der Waals surface area contributed by atoms with Crippen LogP contribution in [-0.2, 0) is 4.79 Å². The molecule has 0 fully saturated rings. The van der Waals surface area contributed by atoms with Gasteiger partial charge in [0.1, 0.15) is 12.3 Å². The average molecular weight is 312 g/mol. The summed E-state index contributed by atoms with van der Waals surface area (Å²) in [6, 6.07) is 6.73. The van der Waals surface area contributed by atoms with Crippen LogP contribution in [0.5, 0.6) is 5.75 Å². The van der Waals surface area contributed by atoms with E-state index < -0.39 is 25.2 Å². The number of amides is 1. The summed E-state index contributed by atoms with van der Waals surface area (Å²) in [6.07, 6.45) is -4.41. The maximum Gasteiger partial charge on any atom is 0.405 e. The summed E-state index contributed by atoms with van der Waals surface area (Å²) in [5.74, 6) is -0.423. The second-order valence-electron chi connectivity index (χ2n) is 3.11. The molecule has 3 nitrogen and oxygen atoms in total. The quantitative estimate of drug-likeness (QED) is 0.928. The van der Waals surface area contributed by atoms with Gasteiger partial charge in [-0.1, -0.05) is 12.1 Å². The summed E-state index contributed by atoms with van der Waals surface area (Å²) >= 11 is 3.18. The fourth-order valence-electron chi connectivity index (χ4n) is 0.955. The maximum absolute atomic E-state index is 11.8. The van der Waals surface area contributed by atoms with Crippen molar-refractivity contribution in [3.63, 3.8) is 0 Å². The van der Waals surface area contributed by atoms with Crippen molar-refractivity contribution in [3.05, 3.63) is 28.7 Å². The smallest absolute Gasteiger partial charge is 0.405 e. The van der Waals surface area contributed by atoms with Crippen LogP contribution in [0.25, 0.3) is 0 Å². The van der Waals surface area contributed by atoms with Gasteiger partial charge in [-0.15, -0.1) is 0 Å². The number of carbonyl (C=O) groups excluding carboxylic acids is 1. The van der Waals surface area contributed by atoms with E-state index in [-0.39, 0.29) is 0 Å². The lowest BCUT2D eigenvalue weighted by Gasteiger charge is -2.10. The number of carbonyl (C=O) groups is 1. The molecule has 1 N–H and O–H groups in total. The molecule has 1 aromatic rings. The van der Waals surface area contributed by atoms with Gasteiger partial charge < -0.3 is 10.1 Å². The lowest BCUT2D eigenvalue weighted by molar-refractivity contribution is -0.139. The van der Waals surface area contributed by atoms with Crippen LogP contribution in [0.1, 0.15) is 0 Å². The van der Waals surface area contributed by atoms with E-state index in [1.54, 1.807) is 29.6 Å². The van der Waals surface area contributed by atoms with Crippen molar-refractivity contribution in [1.82, 2.24) is 5.32 Å². The molecule has 1 aromatic carbocycles. The largest absolute Gasteiger partial charge is 0.483 e. The number of rotatable bonds is 4. The van der Waals surface area contributed by atoms with Crippen molar-refractivity contribution in [1.29, 1.82) is 0 Å². The van der Waals surface area contributed by atoms with Gasteiger partial charge in [0, 0.05) is 0 Å². The Balaban J connectivity index is 2.36. The first-order valence-electron chi connectivity index (χ1n) is 4.59. The molecule has 0 radical (unpaired) electrons. The van der Waals surface area contributed by atoms with Gasteiger partial charge in [0.2, 0.25) is 0 Å². The van der Waals surface area contributed by atoms with Crippen LogP contribution in [0.3, 0.4) is 0 Å². The predicted molar refractivity (Wildman–Crippen MR) is 58.7 cm³/mol. The van der Waals surface area contributed by atoms with E-state index in [9.17, 15) is 18.0 Å². The minimum Gasteiger partial charge on any atom is -0.483 e. The normalized spacial score (nSPS) is 11.1. The van der Waals surface area contributed by atoms with E-state index in [1.165, 1.54) is 0 Å². The number of benzene rings is 1. The van der Waals surface area contributed by atoms with Gasteiger partial charge in [-0.05, 0) is 28.1 Å². The van der Waals surface area contributed by atoms with Gasteiger partial charge in [0.05, 0.1) is 4.47 Å². The van der Waals surface area contributed by atoms with Crippen molar-refractivity contribution in [2.75, 3.05) is 13.2 Å². The molecule has 0 spiro atoms. The number of halogens is 4. The fourth-order valence-corrected chi connectivity index (χ4v) is 1.35. The van der Waals surface area contributed by atoms with Gasteiger partial charge in [-0.3, -0.25) is 4.79 Å². The third kappa shape index (κ3) is 5.58. The Morgan fingerprint density at radius 1 is 1.35 bits per heavy atom. The highest BCUT2D eigenvalue weighted by Crippen LogP contribution is 2.23. The van der Waals surface area contributed by atoms with Crippen molar-refractivity contribution in [2.45, 2.75) is 6.18 Å². The summed E-state index contributed by atoms with van der Waals surface area (Å²) in [4.78, 5) is 11.0. The van der Waals surface area contributed by atoms with Gasteiger partial charge in [0.15, 0.2) is 6.61 Å². The molecule has 0 aliphatic carbocycles. The second kappa shape index (κ2) is 5.90. The Morgan fingerprint density at radius 2 is 2.00 bits per heavy atom. The van der Waals surface area contributed by atoms with Crippen LogP contribution in [0.15, 0.2) is 28.7 Å². The summed E-state index contributed by atoms with van der Waals surface area (Å²) < 4.78 is 41.0. The van der Waals surface area contributed by atoms with Crippen molar-refractivity contribution in [3.8, 4) is 5.75 Å². The van der Waals surface area contributed by atoms with Crippen LogP contribution < -0.4 is 10.1 Å². The third-order valence-electron chi connectivity index (χ3n) is 1.68. The first-order valence-corrected chi connectivity index (χ1v) is 5.38. The molecule has 1 rings (SSSR count). The molecule has 0 atom stereocenters. The molecule has 0 saturated heterocycles. The number of para-hydroxylation sites is 1. The van der Waals surface area contributed by atoms with Crippen LogP contribution in [0.2, 0.25) is 0 Å². The van der Waals surface area contributed by atoms with Crippen molar-refractivity contribution < 1.29 is 22.7 Å². The molecule has 7 heteroatoms. The average Bonchev–Trinajstić information content (AvgIpc) is 2.24. The number of alkyl halides is 3. The molecule has 0 aliphatic rings. The van der Waals surface area contributed by atoms with E-state index in [2.05, 4.69) is 15.9 Å². The molecule has 1 amide bonds. The second-order valence-corrected chi connectivity index (χ2v) is 3.97. The van der Waals surface area contributed by atoms with E-state index in [0.717, 1.165) is 0 Å². The van der Waals surface area contributed by atoms with Crippen LogP contribution >= 0.6 is 15.9 Å². The first-order chi connectivity index (χ1) is 7.88. The van der Waals surface area contributed by atoms with Crippen LogP contribution in [-0.4, -0.2) is 25.2 Å². The van der Waals surface area contributed by atoms with E-state index in [1.807, 2.05) is 0 Å². The number of ether oxygens (including phenoxy) is 1. The predicted octanol–water partition coefficient (Wildman–Crippen LogP) is 2.51. The Labute approximate surface area is 104 Å². The number of hydrogen-bond acceptors (Lipinski definition) is 2. The minimum absolute atomic E-state index is 0.398. The Hall–Kier alpha value is -1.24. The maximum atomic E-state index is 11.8. The Kier molecular flexibility index (Phi) is 4.80. The van der Waals surface area contributed by atoms with Gasteiger partial charge >= 0.3 is 6.18 Å². The highest BCUT2D eigenvalue weighted by Gasteiger charge is 2.27. The number of hydrogen-bond donors (Lipinski definition) is 1. The SMILES string of the molecule is O=C(COc1ccccc1Br)NCC(F)(F)F. The zero-order chi connectivity index (χ0) is 12.9. The highest BCUT2D eigenvalue weighted by atomic mass is 79.9. The summed E-state index contributed by atoms with van der Waals surface area (Å²) in [6.45, 7) is -1.82. The van der Waals surface area contributed by atoms with E-state index >= 15 is 0 Å². The summed E-state index contributed by atoms with van der Waals surface area (Å²) in [5, 5.41) is 1.71. The topological polar surface area (TPSA) is 38.3 Å². The molecular weight excluding hydrogens is 303 g/mol. The zero-order valence-electron chi connectivity index (χ0n) is 8.55. The van der Waals surface area contributed by atoms with Crippen molar-refractivity contribution >= 4 is 21.8 Å².